The van der Waals surface area contributed by atoms with Gasteiger partial charge in [0.2, 0.25) is 0 Å². The van der Waals surface area contributed by atoms with Crippen LogP contribution in [-0.2, 0) is 23.9 Å². The molecule has 0 unspecified atom stereocenters. The molecule has 176 valence electrons. The van der Waals surface area contributed by atoms with Crippen molar-refractivity contribution in [3.63, 3.8) is 0 Å². The zero-order valence-electron chi connectivity index (χ0n) is 19.3. The molecular weight excluding hydrogens is 425 g/mol. The lowest BCUT2D eigenvalue weighted by molar-refractivity contribution is -0.151. The Morgan fingerprint density at radius 1 is 1.12 bits per heavy atom. The zero-order valence-corrected chi connectivity index (χ0v) is 19.3. The number of ketones is 1. The number of hydrogen-bond donors (Lipinski definition) is 1. The average Bonchev–Trinajstić information content (AvgIpc) is 2.79. The van der Waals surface area contributed by atoms with E-state index in [-0.39, 0.29) is 28.7 Å². The van der Waals surface area contributed by atoms with E-state index in [1.54, 1.807) is 25.1 Å². The van der Waals surface area contributed by atoms with Crippen LogP contribution in [0.1, 0.15) is 63.9 Å². The van der Waals surface area contributed by atoms with Gasteiger partial charge in [-0.3, -0.25) is 9.59 Å². The van der Waals surface area contributed by atoms with Crippen molar-refractivity contribution in [3.8, 4) is 0 Å². The molecule has 3 aliphatic rings. The number of hydrogen-bond acceptors (Lipinski definition) is 6. The number of Topliss-reactive ketones (excluding diaryl/α,β-unsaturated/α-hetero) is 1. The topological polar surface area (TPSA) is 81.7 Å². The molecule has 0 spiro atoms. The van der Waals surface area contributed by atoms with Crippen LogP contribution in [0.5, 0.6) is 0 Å². The predicted octanol–water partition coefficient (Wildman–Crippen LogP) is 4.31. The van der Waals surface area contributed by atoms with Crippen LogP contribution in [0.15, 0.2) is 46.8 Å². The summed E-state index contributed by atoms with van der Waals surface area (Å²) in [7, 11) is 1.25. The van der Waals surface area contributed by atoms with Gasteiger partial charge >= 0.3 is 11.9 Å². The van der Waals surface area contributed by atoms with E-state index in [0.717, 1.165) is 32.1 Å². The van der Waals surface area contributed by atoms with E-state index < -0.39 is 35.4 Å². The van der Waals surface area contributed by atoms with Gasteiger partial charge in [0.25, 0.3) is 0 Å². The van der Waals surface area contributed by atoms with Crippen molar-refractivity contribution >= 4 is 17.7 Å². The number of methoxy groups -OCH3 is 1. The van der Waals surface area contributed by atoms with Gasteiger partial charge in [0, 0.05) is 22.5 Å². The standard InChI is InChI=1S/C26H30FNO5/c1-14-13-19-23(24(29)20(14)25(30)32-3)22(17-11-7-8-12-18(17)27)21(15(2)28-19)26(31)33-16-9-5-4-6-10-16/h7-8,11-12,14,16,20,22,28H,4-6,9-10,13H2,1-3H3/t14-,20-,22+/m1/s1. The average molecular weight is 456 g/mol. The molecule has 3 atom stereocenters. The highest BCUT2D eigenvalue weighted by atomic mass is 19.1. The van der Waals surface area contributed by atoms with E-state index in [1.807, 2.05) is 6.92 Å². The van der Waals surface area contributed by atoms with Crippen molar-refractivity contribution in [2.45, 2.75) is 64.4 Å². The van der Waals surface area contributed by atoms with Crippen molar-refractivity contribution in [2.75, 3.05) is 7.11 Å². The molecule has 0 radical (unpaired) electrons. The minimum Gasteiger partial charge on any atom is -0.468 e. The fraction of sp³-hybridized carbons (Fsp3) is 0.500. The van der Waals surface area contributed by atoms with Crippen LogP contribution in [0, 0.1) is 17.7 Å². The molecule has 1 heterocycles. The number of carbonyl (C=O) groups is 3. The second kappa shape index (κ2) is 9.49. The maximum absolute atomic E-state index is 15.1. The summed E-state index contributed by atoms with van der Waals surface area (Å²) in [4.78, 5) is 39.5. The van der Waals surface area contributed by atoms with Gasteiger partial charge in [0.15, 0.2) is 5.78 Å². The van der Waals surface area contributed by atoms with Crippen molar-refractivity contribution < 1.29 is 28.2 Å². The molecule has 0 amide bonds. The molecular formula is C26H30FNO5. The Labute approximate surface area is 193 Å². The number of ether oxygens (including phenoxy) is 2. The van der Waals surface area contributed by atoms with E-state index in [4.69, 9.17) is 9.47 Å². The monoisotopic (exact) mass is 455 g/mol. The number of allylic oxidation sites excluding steroid dienone is 3. The van der Waals surface area contributed by atoms with E-state index in [0.29, 0.717) is 17.8 Å². The Hall–Kier alpha value is -2.96. The predicted molar refractivity (Wildman–Crippen MR) is 119 cm³/mol. The number of dihydropyridines is 1. The Balaban J connectivity index is 1.80. The minimum absolute atomic E-state index is 0.187. The number of esters is 2. The lowest BCUT2D eigenvalue weighted by atomic mass is 9.69. The van der Waals surface area contributed by atoms with Gasteiger partial charge in [-0.25, -0.2) is 9.18 Å². The Morgan fingerprint density at radius 2 is 1.82 bits per heavy atom. The summed E-state index contributed by atoms with van der Waals surface area (Å²) < 4.78 is 25.8. The van der Waals surface area contributed by atoms with Gasteiger partial charge in [-0.2, -0.15) is 0 Å². The van der Waals surface area contributed by atoms with Crippen LogP contribution in [-0.4, -0.2) is 30.9 Å². The summed E-state index contributed by atoms with van der Waals surface area (Å²) in [5, 5.41) is 3.21. The van der Waals surface area contributed by atoms with Gasteiger partial charge in [0.05, 0.1) is 18.6 Å². The summed E-state index contributed by atoms with van der Waals surface area (Å²) in [5.41, 5.74) is 1.84. The van der Waals surface area contributed by atoms with Crippen LogP contribution >= 0.6 is 0 Å². The third-order valence-corrected chi connectivity index (χ3v) is 7.01. The fourth-order valence-corrected chi connectivity index (χ4v) is 5.37. The first-order chi connectivity index (χ1) is 15.8. The lowest BCUT2D eigenvalue weighted by Crippen LogP contribution is -2.43. The normalized spacial score (nSPS) is 25.9. The second-order valence-corrected chi connectivity index (χ2v) is 9.22. The number of benzene rings is 1. The smallest absolute Gasteiger partial charge is 0.337 e. The number of halogens is 1. The lowest BCUT2D eigenvalue weighted by Gasteiger charge is -2.38. The van der Waals surface area contributed by atoms with Crippen molar-refractivity contribution in [3.05, 3.63) is 58.2 Å². The van der Waals surface area contributed by atoms with Crippen molar-refractivity contribution in [2.24, 2.45) is 11.8 Å². The quantitative estimate of drug-likeness (QED) is 0.538. The molecule has 7 heteroatoms. The van der Waals surface area contributed by atoms with E-state index in [2.05, 4.69) is 5.32 Å². The summed E-state index contributed by atoms with van der Waals surface area (Å²) >= 11 is 0. The van der Waals surface area contributed by atoms with Crippen LogP contribution in [0.2, 0.25) is 0 Å². The summed E-state index contributed by atoms with van der Waals surface area (Å²) in [5.74, 6) is -4.37. The largest absolute Gasteiger partial charge is 0.468 e. The molecule has 1 saturated carbocycles. The van der Waals surface area contributed by atoms with Gasteiger partial charge in [-0.15, -0.1) is 0 Å². The van der Waals surface area contributed by atoms with Crippen LogP contribution < -0.4 is 5.32 Å². The highest BCUT2D eigenvalue weighted by Gasteiger charge is 2.48. The maximum atomic E-state index is 15.1. The SMILES string of the molecule is COC(=O)[C@H]1C(=O)C2=C(C[C@H]1C)NC(C)=C(C(=O)OC1CCCCC1)[C@@H]2c1ccccc1F. The molecule has 1 aromatic rings. The summed E-state index contributed by atoms with van der Waals surface area (Å²) in [6.07, 6.45) is 4.93. The molecule has 6 nitrogen and oxygen atoms in total. The number of nitrogens with one attached hydrogen (secondary N) is 1. The van der Waals surface area contributed by atoms with Crippen molar-refractivity contribution in [1.82, 2.24) is 5.32 Å². The molecule has 1 aliphatic heterocycles. The molecule has 1 fully saturated rings. The van der Waals surface area contributed by atoms with E-state index in [9.17, 15) is 14.4 Å². The number of rotatable bonds is 4. The zero-order chi connectivity index (χ0) is 23.7. The molecule has 0 saturated heterocycles. The maximum Gasteiger partial charge on any atom is 0.337 e. The third-order valence-electron chi connectivity index (χ3n) is 7.01. The first kappa shape index (κ1) is 23.2. The Morgan fingerprint density at radius 3 is 2.48 bits per heavy atom. The first-order valence-corrected chi connectivity index (χ1v) is 11.6. The molecule has 2 aliphatic carbocycles. The molecule has 1 aromatic carbocycles. The Bertz CT molecular complexity index is 1040. The fourth-order valence-electron chi connectivity index (χ4n) is 5.37. The molecule has 0 aromatic heterocycles. The Kier molecular flexibility index (Phi) is 6.68. The molecule has 1 N–H and O–H groups in total. The van der Waals surface area contributed by atoms with Crippen LogP contribution in [0.25, 0.3) is 0 Å². The van der Waals surface area contributed by atoms with E-state index in [1.165, 1.54) is 13.2 Å². The third kappa shape index (κ3) is 4.33. The summed E-state index contributed by atoms with van der Waals surface area (Å²) in [6.45, 7) is 3.56. The highest BCUT2D eigenvalue weighted by molar-refractivity contribution is 6.12. The first-order valence-electron chi connectivity index (χ1n) is 11.6. The second-order valence-electron chi connectivity index (χ2n) is 9.22. The van der Waals surface area contributed by atoms with Crippen LogP contribution in [0.3, 0.4) is 0 Å². The number of carbonyl (C=O) groups excluding carboxylic acids is 3. The summed E-state index contributed by atoms with van der Waals surface area (Å²) in [6, 6.07) is 6.13. The molecule has 4 rings (SSSR count). The van der Waals surface area contributed by atoms with Gasteiger partial charge < -0.3 is 14.8 Å². The minimum atomic E-state index is -1.00. The van der Waals surface area contributed by atoms with Gasteiger partial charge in [0.1, 0.15) is 17.8 Å². The van der Waals surface area contributed by atoms with Crippen LogP contribution in [0.4, 0.5) is 4.39 Å². The van der Waals surface area contributed by atoms with Gasteiger partial charge in [-0.05, 0) is 51.0 Å². The van der Waals surface area contributed by atoms with E-state index >= 15 is 4.39 Å². The van der Waals surface area contributed by atoms with Gasteiger partial charge in [-0.1, -0.05) is 31.5 Å². The molecule has 0 bridgehead atoms. The molecule has 33 heavy (non-hydrogen) atoms. The van der Waals surface area contributed by atoms with Crippen molar-refractivity contribution in [1.29, 1.82) is 0 Å². The highest BCUT2D eigenvalue weighted by Crippen LogP contribution is 2.46.